The number of H-pyrrole nitrogens is 1. The number of aryl methyl sites for hydroxylation is 1. The number of aromatic amines is 1. The summed E-state index contributed by atoms with van der Waals surface area (Å²) in [5, 5.41) is 14.2. The molecule has 0 atom stereocenters. The van der Waals surface area contributed by atoms with Gasteiger partial charge in [0.15, 0.2) is 5.82 Å². The number of rotatable bonds is 7. The number of carbonyl (C=O) groups is 1. The minimum absolute atomic E-state index is 0.154. The zero-order valence-electron chi connectivity index (χ0n) is 17.0. The topological polar surface area (TPSA) is 96.7 Å². The fourth-order valence-corrected chi connectivity index (χ4v) is 4.18. The maximum atomic E-state index is 12.9. The average Bonchev–Trinajstić information content (AvgIpc) is 3.37. The Kier molecular flexibility index (Phi) is 5.30. The Labute approximate surface area is 183 Å². The number of nitrogens with one attached hydrogen (secondary N) is 2. The molecule has 4 aromatic rings. The maximum absolute atomic E-state index is 12.9. The zero-order valence-corrected chi connectivity index (χ0v) is 17.8. The van der Waals surface area contributed by atoms with Gasteiger partial charge in [0, 0.05) is 28.1 Å². The second-order valence-electron chi connectivity index (χ2n) is 7.57. The van der Waals surface area contributed by atoms with E-state index in [0.717, 1.165) is 33.4 Å². The molecule has 2 N–H and O–H groups in total. The minimum atomic E-state index is -0.154. The minimum Gasteiger partial charge on any atom is -0.360 e. The number of thioether (sulfide) groups is 1. The van der Waals surface area contributed by atoms with E-state index < -0.39 is 0 Å². The predicted molar refractivity (Wildman–Crippen MR) is 119 cm³/mol. The van der Waals surface area contributed by atoms with Crippen LogP contribution in [0.5, 0.6) is 0 Å². The van der Waals surface area contributed by atoms with Crippen LogP contribution in [-0.4, -0.2) is 26.2 Å². The molecule has 1 amide bonds. The highest BCUT2D eigenvalue weighted by Gasteiger charge is 2.27. The first-order valence-corrected chi connectivity index (χ1v) is 11.1. The molecule has 5 rings (SSSR count). The summed E-state index contributed by atoms with van der Waals surface area (Å²) in [4.78, 5) is 18.4. The van der Waals surface area contributed by atoms with Crippen molar-refractivity contribution in [2.45, 2.75) is 36.3 Å². The van der Waals surface area contributed by atoms with E-state index in [0.29, 0.717) is 23.1 Å². The number of carbonyl (C=O) groups excluding carboxylic acids is 1. The highest BCUT2D eigenvalue weighted by molar-refractivity contribution is 7.98. The lowest BCUT2D eigenvalue weighted by atomic mass is 10.1. The van der Waals surface area contributed by atoms with Crippen LogP contribution in [-0.2, 0) is 5.75 Å². The first kappa shape index (κ1) is 19.6. The van der Waals surface area contributed by atoms with Crippen molar-refractivity contribution in [1.29, 1.82) is 0 Å². The Morgan fingerprint density at radius 2 is 2.00 bits per heavy atom. The number of hydrogen-bond donors (Lipinski definition) is 2. The average molecular weight is 432 g/mol. The van der Waals surface area contributed by atoms with Crippen LogP contribution in [0.1, 0.15) is 46.4 Å². The first-order valence-electron chi connectivity index (χ1n) is 10.1. The van der Waals surface area contributed by atoms with Gasteiger partial charge in [-0.15, -0.1) is 11.8 Å². The third-order valence-corrected chi connectivity index (χ3v) is 6.14. The number of benzene rings is 2. The molecule has 2 aromatic carbocycles. The molecular weight excluding hydrogens is 410 g/mol. The smallest absolute Gasteiger partial charge is 0.256 e. The summed E-state index contributed by atoms with van der Waals surface area (Å²) < 4.78 is 5.26. The Bertz CT molecular complexity index is 1210. The summed E-state index contributed by atoms with van der Waals surface area (Å²) in [6.07, 6.45) is 2.36. The lowest BCUT2D eigenvalue weighted by Crippen LogP contribution is -2.12. The summed E-state index contributed by atoms with van der Waals surface area (Å²) in [5.74, 6) is 3.42. The molecule has 1 saturated carbocycles. The molecule has 2 aromatic heterocycles. The van der Waals surface area contributed by atoms with Crippen molar-refractivity contribution in [2.24, 2.45) is 0 Å². The van der Waals surface area contributed by atoms with E-state index in [1.807, 2.05) is 61.5 Å². The number of nitrogens with zero attached hydrogens (tertiary/aromatic N) is 3. The predicted octanol–water partition coefficient (Wildman–Crippen LogP) is 5.19. The van der Waals surface area contributed by atoms with Crippen LogP contribution < -0.4 is 5.32 Å². The Morgan fingerprint density at radius 3 is 2.74 bits per heavy atom. The molecule has 1 aliphatic rings. The standard InChI is InChI=1S/C23H21N5O2S/c1-14-12-18(30-28-14)13-31-20-5-3-2-4-19(20)23(29)24-17-10-8-16(9-11-17)22-25-21(26-27-22)15-6-7-15/h2-5,8-12,15H,6-7,13H2,1H3,(H,24,29)(H,25,26,27). The van der Waals surface area contributed by atoms with Crippen molar-refractivity contribution < 1.29 is 9.32 Å². The van der Waals surface area contributed by atoms with E-state index in [1.54, 1.807) is 11.8 Å². The third kappa shape index (κ3) is 4.54. The number of amides is 1. The molecule has 0 bridgehead atoms. The van der Waals surface area contributed by atoms with Gasteiger partial charge in [-0.05, 0) is 56.2 Å². The van der Waals surface area contributed by atoms with Crippen molar-refractivity contribution in [3.63, 3.8) is 0 Å². The van der Waals surface area contributed by atoms with Crippen LogP contribution in [0, 0.1) is 6.92 Å². The van der Waals surface area contributed by atoms with Crippen LogP contribution in [0.4, 0.5) is 5.69 Å². The van der Waals surface area contributed by atoms with Crippen molar-refractivity contribution >= 4 is 23.4 Å². The Balaban J connectivity index is 1.26. The molecule has 1 fully saturated rings. The van der Waals surface area contributed by atoms with Gasteiger partial charge in [0.05, 0.1) is 17.0 Å². The number of aromatic nitrogens is 4. The van der Waals surface area contributed by atoms with Gasteiger partial charge >= 0.3 is 0 Å². The van der Waals surface area contributed by atoms with Gasteiger partial charge in [0.1, 0.15) is 11.6 Å². The quantitative estimate of drug-likeness (QED) is 0.391. The normalized spacial score (nSPS) is 13.3. The van der Waals surface area contributed by atoms with E-state index in [2.05, 4.69) is 25.7 Å². The molecule has 156 valence electrons. The number of anilines is 1. The molecule has 0 radical (unpaired) electrons. The SMILES string of the molecule is Cc1cc(CSc2ccccc2C(=O)Nc2ccc(-c3n[nH]c(C4CC4)n3)cc2)on1. The summed E-state index contributed by atoms with van der Waals surface area (Å²) in [6.45, 7) is 1.89. The van der Waals surface area contributed by atoms with E-state index >= 15 is 0 Å². The third-order valence-electron chi connectivity index (χ3n) is 5.05. The molecule has 0 unspecified atom stereocenters. The maximum Gasteiger partial charge on any atom is 0.256 e. The van der Waals surface area contributed by atoms with Gasteiger partial charge in [-0.1, -0.05) is 17.3 Å². The molecule has 2 heterocycles. The van der Waals surface area contributed by atoms with Crippen molar-refractivity contribution in [3.8, 4) is 11.4 Å². The molecule has 8 heteroatoms. The highest BCUT2D eigenvalue weighted by Crippen LogP contribution is 2.38. The fourth-order valence-electron chi connectivity index (χ4n) is 3.26. The monoisotopic (exact) mass is 431 g/mol. The van der Waals surface area contributed by atoms with E-state index in [4.69, 9.17) is 4.52 Å². The van der Waals surface area contributed by atoms with Crippen molar-refractivity contribution in [1.82, 2.24) is 20.3 Å². The second-order valence-corrected chi connectivity index (χ2v) is 8.59. The lowest BCUT2D eigenvalue weighted by Gasteiger charge is -2.10. The molecule has 0 saturated heterocycles. The number of hydrogen-bond acceptors (Lipinski definition) is 6. The lowest BCUT2D eigenvalue weighted by molar-refractivity contribution is 0.102. The Morgan fingerprint density at radius 1 is 1.19 bits per heavy atom. The van der Waals surface area contributed by atoms with Crippen LogP contribution >= 0.6 is 11.8 Å². The van der Waals surface area contributed by atoms with Gasteiger partial charge in [-0.25, -0.2) is 4.98 Å². The summed E-state index contributed by atoms with van der Waals surface area (Å²) >= 11 is 1.55. The second kappa shape index (κ2) is 8.39. The molecule has 0 aliphatic heterocycles. The van der Waals surface area contributed by atoms with Crippen LogP contribution in [0.2, 0.25) is 0 Å². The fraction of sp³-hybridized carbons (Fsp3) is 0.217. The van der Waals surface area contributed by atoms with Gasteiger partial charge in [-0.2, -0.15) is 5.10 Å². The van der Waals surface area contributed by atoms with Crippen molar-refractivity contribution in [3.05, 3.63) is 77.4 Å². The summed E-state index contributed by atoms with van der Waals surface area (Å²) in [5.41, 5.74) is 3.10. The largest absolute Gasteiger partial charge is 0.360 e. The van der Waals surface area contributed by atoms with E-state index in [9.17, 15) is 4.79 Å². The van der Waals surface area contributed by atoms with Gasteiger partial charge < -0.3 is 9.84 Å². The van der Waals surface area contributed by atoms with Gasteiger partial charge in [0.2, 0.25) is 0 Å². The molecule has 0 spiro atoms. The van der Waals surface area contributed by atoms with Gasteiger partial charge in [-0.3, -0.25) is 9.89 Å². The van der Waals surface area contributed by atoms with Gasteiger partial charge in [0.25, 0.3) is 5.91 Å². The summed E-state index contributed by atoms with van der Waals surface area (Å²) in [7, 11) is 0. The van der Waals surface area contributed by atoms with Crippen molar-refractivity contribution in [2.75, 3.05) is 5.32 Å². The molecule has 7 nitrogen and oxygen atoms in total. The van der Waals surface area contributed by atoms with Crippen LogP contribution in [0.3, 0.4) is 0 Å². The van der Waals surface area contributed by atoms with E-state index in [1.165, 1.54) is 12.8 Å². The van der Waals surface area contributed by atoms with Crippen LogP contribution in [0.25, 0.3) is 11.4 Å². The molecule has 31 heavy (non-hydrogen) atoms. The highest BCUT2D eigenvalue weighted by atomic mass is 32.2. The van der Waals surface area contributed by atoms with E-state index in [-0.39, 0.29) is 5.91 Å². The Hall–Kier alpha value is -3.39. The zero-order chi connectivity index (χ0) is 21.2. The van der Waals surface area contributed by atoms with Crippen LogP contribution in [0.15, 0.2) is 64.0 Å². The molecular formula is C23H21N5O2S. The molecule has 1 aliphatic carbocycles. The summed E-state index contributed by atoms with van der Waals surface area (Å²) in [6, 6.07) is 17.0. The first-order chi connectivity index (χ1) is 15.2.